The standard InChI is InChI=1S/C19H25N5O/c1-11(2)9-13-10-16(24-23-13)19(25)22-17(12(3)4)18-20-14-7-5-6-8-15(14)21-18/h5-8,10-12,17H,9H2,1-4H3,(H,20,21)(H,22,25)(H,23,24). The fraction of sp³-hybridized carbons (Fsp3) is 0.421. The molecule has 132 valence electrons. The molecule has 0 radical (unpaired) electrons. The molecule has 2 aromatic heterocycles. The number of nitrogens with zero attached hydrogens (tertiary/aromatic N) is 2. The molecule has 0 aliphatic heterocycles. The van der Waals surface area contributed by atoms with Crippen LogP contribution in [-0.4, -0.2) is 26.1 Å². The average Bonchev–Trinajstić information content (AvgIpc) is 3.17. The van der Waals surface area contributed by atoms with Gasteiger partial charge in [0.05, 0.1) is 17.1 Å². The normalized spacial score (nSPS) is 12.9. The fourth-order valence-corrected chi connectivity index (χ4v) is 2.91. The minimum atomic E-state index is -0.204. The number of aromatic amines is 2. The van der Waals surface area contributed by atoms with Crippen molar-refractivity contribution < 1.29 is 4.79 Å². The number of hydrogen-bond acceptors (Lipinski definition) is 3. The van der Waals surface area contributed by atoms with Crippen molar-refractivity contribution in [1.82, 2.24) is 25.5 Å². The number of carbonyl (C=O) groups excluding carboxylic acids is 1. The van der Waals surface area contributed by atoms with Crippen LogP contribution in [0, 0.1) is 11.8 Å². The van der Waals surface area contributed by atoms with Crippen molar-refractivity contribution in [1.29, 1.82) is 0 Å². The first-order valence-electron chi connectivity index (χ1n) is 8.74. The summed E-state index contributed by atoms with van der Waals surface area (Å²) in [5.41, 5.74) is 3.26. The third-order valence-corrected chi connectivity index (χ3v) is 4.15. The molecule has 3 N–H and O–H groups in total. The number of rotatable bonds is 6. The van der Waals surface area contributed by atoms with E-state index in [1.54, 1.807) is 0 Å². The molecule has 0 aliphatic rings. The van der Waals surface area contributed by atoms with E-state index < -0.39 is 0 Å². The van der Waals surface area contributed by atoms with Crippen LogP contribution in [0.4, 0.5) is 0 Å². The third-order valence-electron chi connectivity index (χ3n) is 4.15. The molecule has 0 bridgehead atoms. The largest absolute Gasteiger partial charge is 0.340 e. The van der Waals surface area contributed by atoms with E-state index in [-0.39, 0.29) is 17.9 Å². The Hall–Kier alpha value is -2.63. The van der Waals surface area contributed by atoms with Crippen LogP contribution in [0.3, 0.4) is 0 Å². The van der Waals surface area contributed by atoms with E-state index in [1.165, 1.54) is 0 Å². The lowest BCUT2D eigenvalue weighted by Gasteiger charge is -2.19. The van der Waals surface area contributed by atoms with Crippen LogP contribution in [0.15, 0.2) is 30.3 Å². The second-order valence-corrected chi connectivity index (χ2v) is 7.21. The van der Waals surface area contributed by atoms with E-state index in [9.17, 15) is 4.79 Å². The third kappa shape index (κ3) is 3.90. The molecule has 0 aliphatic carbocycles. The smallest absolute Gasteiger partial charge is 0.272 e. The molecule has 0 saturated carbocycles. The van der Waals surface area contributed by atoms with Crippen LogP contribution >= 0.6 is 0 Å². The summed E-state index contributed by atoms with van der Waals surface area (Å²) >= 11 is 0. The molecule has 1 aromatic carbocycles. The van der Waals surface area contributed by atoms with Gasteiger partial charge in [0.2, 0.25) is 0 Å². The number of para-hydroxylation sites is 2. The van der Waals surface area contributed by atoms with Crippen LogP contribution < -0.4 is 5.32 Å². The maximum absolute atomic E-state index is 12.6. The highest BCUT2D eigenvalue weighted by atomic mass is 16.2. The van der Waals surface area contributed by atoms with Gasteiger partial charge in [0.1, 0.15) is 11.5 Å². The Morgan fingerprint density at radius 3 is 2.64 bits per heavy atom. The van der Waals surface area contributed by atoms with Gasteiger partial charge in [0.15, 0.2) is 0 Å². The summed E-state index contributed by atoms with van der Waals surface area (Å²) in [6, 6.07) is 9.48. The number of benzene rings is 1. The average molecular weight is 339 g/mol. The SMILES string of the molecule is CC(C)Cc1cc(C(=O)NC(c2nc3ccccc3[nH]2)C(C)C)n[nH]1. The summed E-state index contributed by atoms with van der Waals surface area (Å²) in [5.74, 6) is 1.28. The number of carbonyl (C=O) groups is 1. The maximum Gasteiger partial charge on any atom is 0.272 e. The number of aromatic nitrogens is 4. The van der Waals surface area contributed by atoms with E-state index in [0.717, 1.165) is 29.0 Å². The van der Waals surface area contributed by atoms with Gasteiger partial charge >= 0.3 is 0 Å². The van der Waals surface area contributed by atoms with Crippen molar-refractivity contribution in [3.63, 3.8) is 0 Å². The molecular formula is C19H25N5O. The van der Waals surface area contributed by atoms with E-state index in [2.05, 4.69) is 53.2 Å². The second-order valence-electron chi connectivity index (χ2n) is 7.21. The molecular weight excluding hydrogens is 314 g/mol. The zero-order chi connectivity index (χ0) is 18.0. The predicted molar refractivity (Wildman–Crippen MR) is 98.3 cm³/mol. The zero-order valence-corrected chi connectivity index (χ0v) is 15.1. The van der Waals surface area contributed by atoms with Gasteiger partial charge in [-0.3, -0.25) is 9.89 Å². The highest BCUT2D eigenvalue weighted by molar-refractivity contribution is 5.92. The lowest BCUT2D eigenvalue weighted by Crippen LogP contribution is -2.32. The molecule has 1 atom stereocenters. The molecule has 6 heteroatoms. The molecule has 0 saturated heterocycles. The van der Waals surface area contributed by atoms with Crippen molar-refractivity contribution in [2.45, 2.75) is 40.2 Å². The van der Waals surface area contributed by atoms with E-state index >= 15 is 0 Å². The fourth-order valence-electron chi connectivity index (χ4n) is 2.91. The minimum absolute atomic E-state index is 0.189. The zero-order valence-electron chi connectivity index (χ0n) is 15.1. The lowest BCUT2D eigenvalue weighted by atomic mass is 10.0. The number of nitrogens with one attached hydrogen (secondary N) is 3. The van der Waals surface area contributed by atoms with E-state index in [1.807, 2.05) is 30.3 Å². The van der Waals surface area contributed by atoms with Gasteiger partial charge in [-0.15, -0.1) is 0 Å². The summed E-state index contributed by atoms with van der Waals surface area (Å²) in [7, 11) is 0. The van der Waals surface area contributed by atoms with Gasteiger partial charge in [-0.25, -0.2) is 4.98 Å². The van der Waals surface area contributed by atoms with Gasteiger partial charge < -0.3 is 10.3 Å². The molecule has 3 aromatic rings. The second kappa shape index (κ2) is 7.09. The van der Waals surface area contributed by atoms with Crippen LogP contribution in [0.25, 0.3) is 11.0 Å². The maximum atomic E-state index is 12.6. The molecule has 1 amide bonds. The predicted octanol–water partition coefficient (Wildman–Crippen LogP) is 3.61. The Morgan fingerprint density at radius 1 is 1.20 bits per heavy atom. The van der Waals surface area contributed by atoms with Crippen molar-refractivity contribution >= 4 is 16.9 Å². The Bertz CT molecular complexity index is 828. The molecule has 6 nitrogen and oxygen atoms in total. The monoisotopic (exact) mass is 339 g/mol. The Labute approximate surface area is 147 Å². The van der Waals surface area contributed by atoms with Gasteiger partial charge in [-0.2, -0.15) is 5.10 Å². The summed E-state index contributed by atoms with van der Waals surface area (Å²) < 4.78 is 0. The number of fused-ring (bicyclic) bond motifs is 1. The Kier molecular flexibility index (Phi) is 4.88. The summed E-state index contributed by atoms with van der Waals surface area (Å²) in [5, 5.41) is 10.2. The van der Waals surface area contributed by atoms with Gasteiger partial charge in [-0.05, 0) is 36.5 Å². The van der Waals surface area contributed by atoms with Gasteiger partial charge in [0.25, 0.3) is 5.91 Å². The first-order valence-corrected chi connectivity index (χ1v) is 8.74. The molecule has 3 rings (SSSR count). The molecule has 0 spiro atoms. The number of hydrogen-bond donors (Lipinski definition) is 3. The molecule has 0 fully saturated rings. The van der Waals surface area contributed by atoms with E-state index in [0.29, 0.717) is 11.6 Å². The van der Waals surface area contributed by atoms with Gasteiger partial charge in [0, 0.05) is 5.69 Å². The van der Waals surface area contributed by atoms with Crippen LogP contribution in [0.5, 0.6) is 0 Å². The van der Waals surface area contributed by atoms with Crippen LogP contribution in [0.2, 0.25) is 0 Å². The minimum Gasteiger partial charge on any atom is -0.340 e. The summed E-state index contributed by atoms with van der Waals surface area (Å²) in [6.45, 7) is 8.40. The summed E-state index contributed by atoms with van der Waals surface area (Å²) in [6.07, 6.45) is 0.872. The number of amides is 1. The Balaban J connectivity index is 1.79. The Morgan fingerprint density at radius 2 is 1.96 bits per heavy atom. The number of H-pyrrole nitrogens is 2. The molecule has 25 heavy (non-hydrogen) atoms. The topological polar surface area (TPSA) is 86.5 Å². The van der Waals surface area contributed by atoms with Gasteiger partial charge in [-0.1, -0.05) is 39.8 Å². The molecule has 1 unspecified atom stereocenters. The van der Waals surface area contributed by atoms with Crippen molar-refractivity contribution in [2.75, 3.05) is 0 Å². The first kappa shape index (κ1) is 17.2. The molecule has 2 heterocycles. The van der Waals surface area contributed by atoms with Crippen LogP contribution in [0.1, 0.15) is 55.7 Å². The lowest BCUT2D eigenvalue weighted by molar-refractivity contribution is 0.0918. The van der Waals surface area contributed by atoms with Crippen molar-refractivity contribution in [3.05, 3.63) is 47.5 Å². The van der Waals surface area contributed by atoms with Crippen molar-refractivity contribution in [2.24, 2.45) is 11.8 Å². The highest BCUT2D eigenvalue weighted by Gasteiger charge is 2.23. The quantitative estimate of drug-likeness (QED) is 0.641. The van der Waals surface area contributed by atoms with E-state index in [4.69, 9.17) is 0 Å². The summed E-state index contributed by atoms with van der Waals surface area (Å²) in [4.78, 5) is 20.6. The van der Waals surface area contributed by atoms with Crippen LogP contribution in [-0.2, 0) is 6.42 Å². The highest BCUT2D eigenvalue weighted by Crippen LogP contribution is 2.22. The number of imidazole rings is 1. The van der Waals surface area contributed by atoms with Crippen molar-refractivity contribution in [3.8, 4) is 0 Å². The first-order chi connectivity index (χ1) is 11.9.